The van der Waals surface area contributed by atoms with Crippen molar-refractivity contribution in [3.8, 4) is 0 Å². The lowest BCUT2D eigenvalue weighted by atomic mass is 9.95. The largest absolute Gasteiger partial charge is 0.416 e. The number of hydrogen-bond acceptors (Lipinski definition) is 6. The summed E-state index contributed by atoms with van der Waals surface area (Å²) >= 11 is 0. The number of nitrogens with two attached hydrogens (primary N) is 1. The van der Waals surface area contributed by atoms with E-state index in [2.05, 4.69) is 23.8 Å². The molecule has 2 aromatic heterocycles. The van der Waals surface area contributed by atoms with Gasteiger partial charge in [0.05, 0.1) is 55.8 Å². The van der Waals surface area contributed by atoms with Gasteiger partial charge in [0, 0.05) is 10.9 Å². The first-order chi connectivity index (χ1) is 17.1. The second-order valence-corrected chi connectivity index (χ2v) is 9.70. The van der Waals surface area contributed by atoms with Crippen LogP contribution >= 0.6 is 0 Å². The van der Waals surface area contributed by atoms with Gasteiger partial charge in [-0.2, -0.15) is 13.2 Å². The van der Waals surface area contributed by atoms with Crippen LogP contribution in [0.4, 0.5) is 19.0 Å². The molecule has 1 aromatic carbocycles. The monoisotopic (exact) mass is 500 g/mol. The van der Waals surface area contributed by atoms with Crippen LogP contribution < -0.4 is 5.73 Å². The summed E-state index contributed by atoms with van der Waals surface area (Å²) in [7, 11) is 0. The number of ether oxygens (including phenoxy) is 2. The standard InChI is InChI=1S/C26H27F3N4O3/c1-14(2)7-17-10-35-13-23(15-3-5-16(6-4-15)26(27,28)29)33(17)25(34)21-8-18-19-11-36-12-20(19)24(30)32-22(18)9-31-21/h3-6,8-9,14,17,23H,7,10-13H2,1-2H3,(H2,30,32)/t17-,23-/m1/s1. The Morgan fingerprint density at radius 3 is 2.56 bits per heavy atom. The number of benzene rings is 1. The number of hydrogen-bond donors (Lipinski definition) is 1. The molecular formula is C26H27F3N4O3. The molecule has 1 fully saturated rings. The van der Waals surface area contributed by atoms with E-state index in [1.807, 2.05) is 0 Å². The van der Waals surface area contributed by atoms with Gasteiger partial charge in [0.25, 0.3) is 5.91 Å². The Bertz CT molecular complexity index is 1290. The second kappa shape index (κ2) is 9.33. The molecule has 0 aliphatic carbocycles. The maximum Gasteiger partial charge on any atom is 0.416 e. The third-order valence-corrected chi connectivity index (χ3v) is 6.75. The van der Waals surface area contributed by atoms with E-state index >= 15 is 0 Å². The lowest BCUT2D eigenvalue weighted by Gasteiger charge is -2.43. The number of nitrogens with zero attached hydrogens (tertiary/aromatic N) is 3. The highest BCUT2D eigenvalue weighted by molar-refractivity contribution is 5.97. The van der Waals surface area contributed by atoms with Crippen LogP contribution in [-0.2, 0) is 28.9 Å². The Kier molecular flexibility index (Phi) is 6.34. The van der Waals surface area contributed by atoms with Crippen LogP contribution in [0.2, 0.25) is 0 Å². The maximum absolute atomic E-state index is 14.0. The Morgan fingerprint density at radius 2 is 1.86 bits per heavy atom. The van der Waals surface area contributed by atoms with Crippen molar-refractivity contribution in [1.29, 1.82) is 0 Å². The first-order valence-corrected chi connectivity index (χ1v) is 11.9. The number of alkyl halides is 3. The minimum absolute atomic E-state index is 0.181. The number of anilines is 1. The van der Waals surface area contributed by atoms with Gasteiger partial charge in [-0.15, -0.1) is 0 Å². The van der Waals surface area contributed by atoms with Gasteiger partial charge < -0.3 is 20.1 Å². The van der Waals surface area contributed by atoms with E-state index in [0.717, 1.165) is 28.6 Å². The van der Waals surface area contributed by atoms with E-state index in [4.69, 9.17) is 15.2 Å². The molecule has 36 heavy (non-hydrogen) atoms. The average Bonchev–Trinajstić information content (AvgIpc) is 3.34. The number of pyridine rings is 2. The van der Waals surface area contributed by atoms with Crippen molar-refractivity contribution in [2.24, 2.45) is 5.92 Å². The molecule has 0 saturated carbocycles. The number of rotatable bonds is 4. The molecule has 2 atom stereocenters. The van der Waals surface area contributed by atoms with E-state index < -0.39 is 17.8 Å². The van der Waals surface area contributed by atoms with Crippen molar-refractivity contribution in [3.05, 3.63) is 64.5 Å². The molecule has 2 aliphatic rings. The smallest absolute Gasteiger partial charge is 0.383 e. The van der Waals surface area contributed by atoms with Crippen molar-refractivity contribution < 1.29 is 27.4 Å². The number of amides is 1. The van der Waals surface area contributed by atoms with Crippen LogP contribution in [0.5, 0.6) is 0 Å². The topological polar surface area (TPSA) is 90.6 Å². The fourth-order valence-electron chi connectivity index (χ4n) is 5.04. The maximum atomic E-state index is 14.0. The molecule has 1 amide bonds. The molecule has 2 aliphatic heterocycles. The normalized spacial score (nSPS) is 20.2. The first kappa shape index (κ1) is 24.5. The molecule has 1 saturated heterocycles. The summed E-state index contributed by atoms with van der Waals surface area (Å²) in [6, 6.07) is 5.82. The number of nitrogen functional groups attached to an aromatic ring is 1. The zero-order valence-electron chi connectivity index (χ0n) is 20.0. The van der Waals surface area contributed by atoms with Gasteiger partial charge >= 0.3 is 6.18 Å². The van der Waals surface area contributed by atoms with Crippen LogP contribution in [0.3, 0.4) is 0 Å². The highest BCUT2D eigenvalue weighted by Crippen LogP contribution is 2.36. The van der Waals surface area contributed by atoms with Gasteiger partial charge in [0.1, 0.15) is 11.5 Å². The Hall–Kier alpha value is -3.24. The summed E-state index contributed by atoms with van der Waals surface area (Å²) < 4.78 is 50.8. The van der Waals surface area contributed by atoms with Gasteiger partial charge in [0.15, 0.2) is 0 Å². The Morgan fingerprint density at radius 1 is 1.14 bits per heavy atom. The Balaban J connectivity index is 1.55. The summed E-state index contributed by atoms with van der Waals surface area (Å²) in [6.07, 6.45) is -2.23. The molecule has 4 heterocycles. The minimum atomic E-state index is -4.44. The Labute approximate surface area is 206 Å². The summed E-state index contributed by atoms with van der Waals surface area (Å²) in [5.74, 6) is 0.362. The lowest BCUT2D eigenvalue weighted by Crippen LogP contribution is -2.51. The van der Waals surface area contributed by atoms with Crippen molar-refractivity contribution in [2.75, 3.05) is 18.9 Å². The highest BCUT2D eigenvalue weighted by Gasteiger charge is 2.38. The molecule has 3 aromatic rings. The van der Waals surface area contributed by atoms with Crippen molar-refractivity contribution in [2.45, 2.75) is 51.7 Å². The molecule has 0 radical (unpaired) electrons. The summed E-state index contributed by atoms with van der Waals surface area (Å²) in [5.41, 5.74) is 8.42. The molecule has 2 N–H and O–H groups in total. The van der Waals surface area contributed by atoms with Gasteiger partial charge in [-0.25, -0.2) is 9.97 Å². The molecule has 7 nitrogen and oxygen atoms in total. The third kappa shape index (κ3) is 4.51. The van der Waals surface area contributed by atoms with Gasteiger partial charge in [0.2, 0.25) is 0 Å². The molecule has 0 bridgehead atoms. The molecule has 5 rings (SSSR count). The molecule has 0 spiro atoms. The number of halogens is 3. The summed E-state index contributed by atoms with van der Waals surface area (Å²) in [5, 5.41) is 0.759. The number of morpholine rings is 1. The number of fused-ring (bicyclic) bond motifs is 3. The number of aromatic nitrogens is 2. The molecule has 0 unspecified atom stereocenters. The first-order valence-electron chi connectivity index (χ1n) is 11.9. The fourth-order valence-corrected chi connectivity index (χ4v) is 5.04. The van der Waals surface area contributed by atoms with Crippen LogP contribution in [0.25, 0.3) is 10.9 Å². The molecule has 10 heteroatoms. The zero-order valence-corrected chi connectivity index (χ0v) is 20.0. The van der Waals surface area contributed by atoms with Gasteiger partial charge in [-0.1, -0.05) is 26.0 Å². The summed E-state index contributed by atoms with van der Waals surface area (Å²) in [6.45, 7) is 5.37. The van der Waals surface area contributed by atoms with Gasteiger partial charge in [-0.05, 0) is 41.7 Å². The summed E-state index contributed by atoms with van der Waals surface area (Å²) in [4.78, 5) is 24.5. The third-order valence-electron chi connectivity index (χ3n) is 6.75. The van der Waals surface area contributed by atoms with Crippen LogP contribution in [-0.4, -0.2) is 40.0 Å². The number of carbonyl (C=O) groups is 1. The van der Waals surface area contributed by atoms with Gasteiger partial charge in [-0.3, -0.25) is 4.79 Å². The van der Waals surface area contributed by atoms with Crippen molar-refractivity contribution >= 4 is 22.6 Å². The van der Waals surface area contributed by atoms with Crippen LogP contribution in [0.15, 0.2) is 36.5 Å². The predicted molar refractivity (Wildman–Crippen MR) is 127 cm³/mol. The lowest BCUT2D eigenvalue weighted by molar-refractivity contribution is -0.137. The van der Waals surface area contributed by atoms with Crippen LogP contribution in [0.1, 0.15) is 59.1 Å². The minimum Gasteiger partial charge on any atom is -0.383 e. The van der Waals surface area contributed by atoms with Crippen molar-refractivity contribution in [1.82, 2.24) is 14.9 Å². The second-order valence-electron chi connectivity index (χ2n) is 9.70. The average molecular weight is 501 g/mol. The fraction of sp³-hybridized carbons (Fsp3) is 0.423. The van der Waals surface area contributed by atoms with E-state index in [1.54, 1.807) is 11.0 Å². The van der Waals surface area contributed by atoms with E-state index in [0.29, 0.717) is 43.1 Å². The van der Waals surface area contributed by atoms with E-state index in [-0.39, 0.29) is 30.2 Å². The predicted octanol–water partition coefficient (Wildman–Crippen LogP) is 4.89. The molecular weight excluding hydrogens is 473 g/mol. The quantitative estimate of drug-likeness (QED) is 0.549. The zero-order chi connectivity index (χ0) is 25.6. The highest BCUT2D eigenvalue weighted by atomic mass is 19.4. The van der Waals surface area contributed by atoms with E-state index in [1.165, 1.54) is 18.3 Å². The SMILES string of the molecule is CC(C)C[C@@H]1COC[C@H](c2ccc(C(F)(F)F)cc2)N1C(=O)c1cc2c3c(c(N)nc2cn1)COC3. The molecule has 190 valence electrons. The van der Waals surface area contributed by atoms with Crippen molar-refractivity contribution in [3.63, 3.8) is 0 Å². The van der Waals surface area contributed by atoms with Crippen LogP contribution in [0, 0.1) is 5.92 Å². The van der Waals surface area contributed by atoms with E-state index in [9.17, 15) is 18.0 Å². The number of carbonyl (C=O) groups excluding carboxylic acids is 1.